The van der Waals surface area contributed by atoms with Crippen molar-refractivity contribution in [2.75, 3.05) is 11.9 Å². The van der Waals surface area contributed by atoms with E-state index in [1.165, 1.54) is 30.5 Å². The molecule has 0 atom stereocenters. The molecule has 0 radical (unpaired) electrons. The molecular weight excluding hydrogens is 370 g/mol. The zero-order valence-electron chi connectivity index (χ0n) is 14.3. The van der Waals surface area contributed by atoms with Crippen molar-refractivity contribution in [3.05, 3.63) is 54.5 Å². The third kappa shape index (κ3) is 5.80. The van der Waals surface area contributed by atoms with Crippen molar-refractivity contribution in [2.24, 2.45) is 0 Å². The van der Waals surface area contributed by atoms with Gasteiger partial charge in [0.25, 0.3) is 0 Å². The van der Waals surface area contributed by atoms with Gasteiger partial charge in [0.05, 0.1) is 17.7 Å². The summed E-state index contributed by atoms with van der Waals surface area (Å²) in [5, 5.41) is 4.99. The minimum absolute atomic E-state index is 0.00214. The summed E-state index contributed by atoms with van der Waals surface area (Å²) >= 11 is 0. The molecule has 0 spiro atoms. The molecule has 1 aromatic carbocycles. The van der Waals surface area contributed by atoms with Gasteiger partial charge in [-0.05, 0) is 49.2 Å². The number of benzene rings is 1. The highest BCUT2D eigenvalue weighted by atomic mass is 32.2. The molecule has 3 N–H and O–H groups in total. The van der Waals surface area contributed by atoms with Gasteiger partial charge in [0.1, 0.15) is 5.76 Å². The quantitative estimate of drug-likeness (QED) is 0.591. The number of furan rings is 1. The summed E-state index contributed by atoms with van der Waals surface area (Å²) in [6, 6.07) is 9.34. The number of sulfonamides is 1. The predicted octanol–water partition coefficient (Wildman–Crippen LogP) is 1.49. The van der Waals surface area contributed by atoms with Crippen LogP contribution in [-0.2, 0) is 19.6 Å². The van der Waals surface area contributed by atoms with Crippen molar-refractivity contribution < 1.29 is 22.4 Å². The van der Waals surface area contributed by atoms with E-state index >= 15 is 0 Å². The third-order valence-electron chi connectivity index (χ3n) is 3.69. The lowest BCUT2D eigenvalue weighted by molar-refractivity contribution is -0.121. The Balaban J connectivity index is 1.51. The first kappa shape index (κ1) is 18.9. The normalized spacial score (nSPS) is 14.2. The monoisotopic (exact) mass is 389 g/mol. The van der Waals surface area contributed by atoms with E-state index in [1.807, 2.05) is 0 Å². The summed E-state index contributed by atoms with van der Waals surface area (Å²) in [5.74, 6) is -0.404. The van der Waals surface area contributed by atoms with Gasteiger partial charge < -0.3 is 15.1 Å². The minimum atomic E-state index is -3.60. The molecule has 1 aliphatic carbocycles. The fraction of sp³-hybridized carbons (Fsp3) is 0.222. The van der Waals surface area contributed by atoms with Gasteiger partial charge >= 0.3 is 0 Å². The number of carbonyl (C=O) groups excluding carboxylic acids is 2. The maximum absolute atomic E-state index is 12.2. The van der Waals surface area contributed by atoms with E-state index < -0.39 is 21.8 Å². The highest BCUT2D eigenvalue weighted by molar-refractivity contribution is 7.89. The number of carbonyl (C=O) groups is 2. The molecule has 2 aromatic rings. The molecule has 27 heavy (non-hydrogen) atoms. The fourth-order valence-electron chi connectivity index (χ4n) is 2.21. The van der Waals surface area contributed by atoms with E-state index in [1.54, 1.807) is 24.3 Å². The number of nitrogens with one attached hydrogen (secondary N) is 3. The summed E-state index contributed by atoms with van der Waals surface area (Å²) < 4.78 is 32.1. The molecule has 0 bridgehead atoms. The van der Waals surface area contributed by atoms with Crippen molar-refractivity contribution in [2.45, 2.75) is 23.8 Å². The summed E-state index contributed by atoms with van der Waals surface area (Å²) in [6.07, 6.45) is 5.89. The van der Waals surface area contributed by atoms with Gasteiger partial charge in [-0.1, -0.05) is 6.07 Å². The summed E-state index contributed by atoms with van der Waals surface area (Å²) in [6.45, 7) is -0.251. The highest BCUT2D eigenvalue weighted by Gasteiger charge is 2.28. The van der Waals surface area contributed by atoms with Crippen LogP contribution in [0.3, 0.4) is 0 Å². The molecule has 1 heterocycles. The lowest BCUT2D eigenvalue weighted by atomic mass is 10.3. The van der Waals surface area contributed by atoms with E-state index in [2.05, 4.69) is 15.4 Å². The number of anilines is 1. The van der Waals surface area contributed by atoms with Gasteiger partial charge in [-0.25, -0.2) is 13.1 Å². The van der Waals surface area contributed by atoms with Crippen LogP contribution in [0, 0.1) is 0 Å². The maximum Gasteiger partial charge on any atom is 0.244 e. The molecule has 1 aliphatic rings. The Kier molecular flexibility index (Phi) is 5.72. The van der Waals surface area contributed by atoms with Crippen LogP contribution in [0.1, 0.15) is 18.6 Å². The molecular formula is C18H19N3O5S. The van der Waals surface area contributed by atoms with Gasteiger partial charge in [0, 0.05) is 17.8 Å². The van der Waals surface area contributed by atoms with Crippen molar-refractivity contribution in [1.82, 2.24) is 10.0 Å². The van der Waals surface area contributed by atoms with Crippen molar-refractivity contribution in [3.63, 3.8) is 0 Å². The molecule has 1 saturated carbocycles. The Labute approximate surface area is 156 Å². The van der Waals surface area contributed by atoms with Crippen LogP contribution in [0.2, 0.25) is 0 Å². The van der Waals surface area contributed by atoms with Gasteiger partial charge in [0.2, 0.25) is 21.8 Å². The standard InChI is InChI=1S/C18H19N3O5S/c22-17(9-8-15-4-2-10-26-15)19-12-18(23)20-14-3-1-5-16(11-14)27(24,25)21-13-6-7-13/h1-5,8-11,13,21H,6-7,12H2,(H,19,22)(H,20,23)/b9-8+. The smallest absolute Gasteiger partial charge is 0.244 e. The minimum Gasteiger partial charge on any atom is -0.465 e. The topological polar surface area (TPSA) is 118 Å². The van der Waals surface area contributed by atoms with Crippen molar-refractivity contribution in [1.29, 1.82) is 0 Å². The van der Waals surface area contributed by atoms with Crippen LogP contribution in [0.15, 0.2) is 58.1 Å². The van der Waals surface area contributed by atoms with Crippen LogP contribution in [0.4, 0.5) is 5.69 Å². The van der Waals surface area contributed by atoms with Gasteiger partial charge in [-0.3, -0.25) is 9.59 Å². The van der Waals surface area contributed by atoms with Crippen LogP contribution < -0.4 is 15.4 Å². The lowest BCUT2D eigenvalue weighted by Crippen LogP contribution is -2.31. The summed E-state index contributed by atoms with van der Waals surface area (Å²) in [7, 11) is -3.60. The van der Waals surface area contributed by atoms with Gasteiger partial charge in [-0.15, -0.1) is 0 Å². The zero-order chi connectivity index (χ0) is 19.3. The largest absolute Gasteiger partial charge is 0.465 e. The van der Waals surface area contributed by atoms with Gasteiger partial charge in [0.15, 0.2) is 0 Å². The van der Waals surface area contributed by atoms with E-state index in [4.69, 9.17) is 4.42 Å². The van der Waals surface area contributed by atoms with Crippen molar-refractivity contribution >= 4 is 33.6 Å². The van der Waals surface area contributed by atoms with Crippen LogP contribution >= 0.6 is 0 Å². The molecule has 8 nitrogen and oxygen atoms in total. The Hall–Kier alpha value is -2.91. The van der Waals surface area contributed by atoms with E-state index in [0.29, 0.717) is 11.4 Å². The number of amides is 2. The molecule has 3 rings (SSSR count). The molecule has 142 valence electrons. The van der Waals surface area contributed by atoms with Gasteiger partial charge in [-0.2, -0.15) is 0 Å². The molecule has 0 aliphatic heterocycles. The van der Waals surface area contributed by atoms with Crippen LogP contribution in [-0.4, -0.2) is 32.8 Å². The molecule has 2 amide bonds. The Morgan fingerprint density at radius 3 is 2.70 bits per heavy atom. The van der Waals surface area contributed by atoms with Crippen molar-refractivity contribution in [3.8, 4) is 0 Å². The highest BCUT2D eigenvalue weighted by Crippen LogP contribution is 2.23. The summed E-state index contributed by atoms with van der Waals surface area (Å²) in [4.78, 5) is 23.7. The molecule has 9 heteroatoms. The second-order valence-electron chi connectivity index (χ2n) is 6.04. The lowest BCUT2D eigenvalue weighted by Gasteiger charge is -2.09. The average molecular weight is 389 g/mol. The van der Waals surface area contributed by atoms with Crippen LogP contribution in [0.5, 0.6) is 0 Å². The van der Waals surface area contributed by atoms with E-state index in [0.717, 1.165) is 12.8 Å². The number of hydrogen-bond donors (Lipinski definition) is 3. The molecule has 0 unspecified atom stereocenters. The summed E-state index contributed by atoms with van der Waals surface area (Å²) in [5.41, 5.74) is 0.332. The SMILES string of the molecule is O=C(/C=C/c1ccco1)NCC(=O)Nc1cccc(S(=O)(=O)NC2CC2)c1. The average Bonchev–Trinajstić information content (AvgIpc) is 3.28. The first-order chi connectivity index (χ1) is 12.9. The first-order valence-corrected chi connectivity index (χ1v) is 9.82. The Morgan fingerprint density at radius 2 is 2.00 bits per heavy atom. The number of rotatable bonds is 8. The molecule has 0 saturated heterocycles. The molecule has 1 aromatic heterocycles. The fourth-order valence-corrected chi connectivity index (χ4v) is 3.56. The zero-order valence-corrected chi connectivity index (χ0v) is 15.2. The Bertz CT molecular complexity index is 947. The number of hydrogen-bond acceptors (Lipinski definition) is 5. The second-order valence-corrected chi connectivity index (χ2v) is 7.75. The molecule has 1 fully saturated rings. The third-order valence-corrected chi connectivity index (χ3v) is 5.21. The predicted molar refractivity (Wildman–Crippen MR) is 99.2 cm³/mol. The Morgan fingerprint density at radius 1 is 1.19 bits per heavy atom. The van der Waals surface area contributed by atoms with E-state index in [9.17, 15) is 18.0 Å². The second kappa shape index (κ2) is 8.19. The van der Waals surface area contributed by atoms with E-state index in [-0.39, 0.29) is 17.5 Å². The maximum atomic E-state index is 12.2. The first-order valence-electron chi connectivity index (χ1n) is 8.34. The van der Waals surface area contributed by atoms with Crippen LogP contribution in [0.25, 0.3) is 6.08 Å².